The van der Waals surface area contributed by atoms with E-state index in [4.69, 9.17) is 5.73 Å². The van der Waals surface area contributed by atoms with E-state index in [-0.39, 0.29) is 24.4 Å². The Hall–Kier alpha value is -0.280. The van der Waals surface area contributed by atoms with E-state index in [1.165, 1.54) is 38.5 Å². The van der Waals surface area contributed by atoms with Gasteiger partial charge < -0.3 is 10.6 Å². The van der Waals surface area contributed by atoms with Crippen LogP contribution in [0.25, 0.3) is 0 Å². The standard InChI is InChI=1S/C14H26N2O.ClH/c1-2-6-12(15)14(17)16-10-5-9-13(16)11-7-3-4-8-11;/h11-13H,2-10,15H2,1H3;1H. The van der Waals surface area contributed by atoms with E-state index in [0.717, 1.165) is 25.3 Å². The van der Waals surface area contributed by atoms with E-state index in [9.17, 15) is 4.79 Å². The smallest absolute Gasteiger partial charge is 0.239 e. The van der Waals surface area contributed by atoms with Crippen molar-refractivity contribution in [2.75, 3.05) is 6.54 Å². The van der Waals surface area contributed by atoms with Crippen LogP contribution in [0.15, 0.2) is 0 Å². The van der Waals surface area contributed by atoms with Gasteiger partial charge in [-0.2, -0.15) is 0 Å². The maximum absolute atomic E-state index is 12.3. The highest BCUT2D eigenvalue weighted by Crippen LogP contribution is 2.35. The number of nitrogens with two attached hydrogens (primary N) is 1. The predicted octanol–water partition coefficient (Wildman–Crippen LogP) is 2.72. The molecule has 1 amide bonds. The first-order valence-corrected chi connectivity index (χ1v) is 7.30. The summed E-state index contributed by atoms with van der Waals surface area (Å²) in [5.41, 5.74) is 5.98. The van der Waals surface area contributed by atoms with Crippen molar-refractivity contribution in [1.29, 1.82) is 0 Å². The van der Waals surface area contributed by atoms with Gasteiger partial charge in [0, 0.05) is 12.6 Å². The summed E-state index contributed by atoms with van der Waals surface area (Å²) >= 11 is 0. The van der Waals surface area contributed by atoms with Crippen LogP contribution in [0.5, 0.6) is 0 Å². The molecular weight excluding hydrogens is 248 g/mol. The highest BCUT2D eigenvalue weighted by molar-refractivity contribution is 5.85. The predicted molar refractivity (Wildman–Crippen MR) is 76.8 cm³/mol. The summed E-state index contributed by atoms with van der Waals surface area (Å²) in [6, 6.07) is 0.245. The molecule has 2 atom stereocenters. The van der Waals surface area contributed by atoms with Gasteiger partial charge in [-0.1, -0.05) is 26.2 Å². The van der Waals surface area contributed by atoms with Gasteiger partial charge in [0.05, 0.1) is 6.04 Å². The fourth-order valence-corrected chi connectivity index (χ4v) is 3.55. The van der Waals surface area contributed by atoms with Gasteiger partial charge in [0.2, 0.25) is 5.91 Å². The number of carbonyl (C=O) groups excluding carboxylic acids is 1. The fraction of sp³-hybridized carbons (Fsp3) is 0.929. The zero-order valence-electron chi connectivity index (χ0n) is 11.4. The lowest BCUT2D eigenvalue weighted by molar-refractivity contribution is -0.134. The van der Waals surface area contributed by atoms with Crippen LogP contribution in [0.3, 0.4) is 0 Å². The Balaban J connectivity index is 0.00000162. The Kier molecular flexibility index (Phi) is 6.44. The topological polar surface area (TPSA) is 46.3 Å². The second-order valence-electron chi connectivity index (χ2n) is 5.68. The fourth-order valence-electron chi connectivity index (χ4n) is 3.55. The molecule has 0 radical (unpaired) electrons. The molecule has 1 aliphatic heterocycles. The molecule has 18 heavy (non-hydrogen) atoms. The Morgan fingerprint density at radius 2 is 1.94 bits per heavy atom. The van der Waals surface area contributed by atoms with Gasteiger partial charge >= 0.3 is 0 Å². The third-order valence-corrected chi connectivity index (χ3v) is 4.44. The first-order chi connectivity index (χ1) is 8.24. The molecule has 0 aromatic rings. The zero-order chi connectivity index (χ0) is 12.3. The van der Waals surface area contributed by atoms with Gasteiger partial charge in [0.1, 0.15) is 0 Å². The largest absolute Gasteiger partial charge is 0.338 e. The minimum absolute atomic E-state index is 0. The average Bonchev–Trinajstić information content (AvgIpc) is 2.98. The Bertz CT molecular complexity index is 267. The molecule has 1 saturated heterocycles. The molecular formula is C14H27ClN2O. The van der Waals surface area contributed by atoms with Crippen LogP contribution in [-0.4, -0.2) is 29.4 Å². The van der Waals surface area contributed by atoms with Crippen molar-refractivity contribution in [2.24, 2.45) is 11.7 Å². The molecule has 2 N–H and O–H groups in total. The number of amides is 1. The SMILES string of the molecule is CCCC(N)C(=O)N1CCCC1C1CCCC1.Cl. The summed E-state index contributed by atoms with van der Waals surface area (Å²) < 4.78 is 0. The van der Waals surface area contributed by atoms with Crippen molar-refractivity contribution in [3.05, 3.63) is 0 Å². The summed E-state index contributed by atoms with van der Waals surface area (Å²) in [5, 5.41) is 0. The summed E-state index contributed by atoms with van der Waals surface area (Å²) in [5.74, 6) is 0.969. The normalized spacial score (nSPS) is 26.1. The van der Waals surface area contributed by atoms with Crippen molar-refractivity contribution in [2.45, 2.75) is 70.4 Å². The van der Waals surface area contributed by atoms with Crippen molar-refractivity contribution in [3.8, 4) is 0 Å². The monoisotopic (exact) mass is 274 g/mol. The molecule has 2 aliphatic rings. The lowest BCUT2D eigenvalue weighted by atomic mass is 9.95. The first-order valence-electron chi connectivity index (χ1n) is 7.30. The molecule has 0 aromatic carbocycles. The number of hydrogen-bond acceptors (Lipinski definition) is 2. The quantitative estimate of drug-likeness (QED) is 0.857. The second kappa shape index (κ2) is 7.34. The molecule has 0 aromatic heterocycles. The Morgan fingerprint density at radius 1 is 1.28 bits per heavy atom. The van der Waals surface area contributed by atoms with Gasteiger partial charge in [0.15, 0.2) is 0 Å². The van der Waals surface area contributed by atoms with Gasteiger partial charge in [-0.3, -0.25) is 4.79 Å². The molecule has 0 bridgehead atoms. The highest BCUT2D eigenvalue weighted by Gasteiger charge is 2.37. The van der Waals surface area contributed by atoms with Crippen LogP contribution >= 0.6 is 12.4 Å². The molecule has 3 nitrogen and oxygen atoms in total. The highest BCUT2D eigenvalue weighted by atomic mass is 35.5. The van der Waals surface area contributed by atoms with E-state index in [1.54, 1.807) is 0 Å². The van der Waals surface area contributed by atoms with Crippen molar-refractivity contribution in [1.82, 2.24) is 4.90 Å². The summed E-state index contributed by atoms with van der Waals surface area (Å²) in [6.45, 7) is 3.03. The number of hydrogen-bond donors (Lipinski definition) is 1. The van der Waals surface area contributed by atoms with Crippen molar-refractivity contribution < 1.29 is 4.79 Å². The minimum atomic E-state index is -0.262. The maximum Gasteiger partial charge on any atom is 0.239 e. The number of rotatable bonds is 4. The van der Waals surface area contributed by atoms with Crippen LogP contribution in [0.4, 0.5) is 0 Å². The van der Waals surface area contributed by atoms with Crippen LogP contribution < -0.4 is 5.73 Å². The van der Waals surface area contributed by atoms with Crippen LogP contribution in [0, 0.1) is 5.92 Å². The lowest BCUT2D eigenvalue weighted by Gasteiger charge is -2.31. The Labute approximate surface area is 117 Å². The van der Waals surface area contributed by atoms with Gasteiger partial charge in [-0.05, 0) is 38.0 Å². The van der Waals surface area contributed by atoms with Crippen molar-refractivity contribution >= 4 is 18.3 Å². The third-order valence-electron chi connectivity index (χ3n) is 4.44. The summed E-state index contributed by atoms with van der Waals surface area (Å²) in [4.78, 5) is 14.4. The average molecular weight is 275 g/mol. The number of halogens is 1. The molecule has 2 unspecified atom stereocenters. The van der Waals surface area contributed by atoms with Gasteiger partial charge in [0.25, 0.3) is 0 Å². The summed E-state index contributed by atoms with van der Waals surface area (Å²) in [7, 11) is 0. The molecule has 2 rings (SSSR count). The summed E-state index contributed by atoms with van der Waals surface area (Å²) in [6.07, 6.45) is 9.53. The first kappa shape index (κ1) is 15.8. The van der Waals surface area contributed by atoms with Gasteiger partial charge in [-0.15, -0.1) is 12.4 Å². The molecule has 4 heteroatoms. The van der Waals surface area contributed by atoms with E-state index in [1.807, 2.05) is 0 Å². The lowest BCUT2D eigenvalue weighted by Crippen LogP contribution is -2.47. The zero-order valence-corrected chi connectivity index (χ0v) is 12.3. The third kappa shape index (κ3) is 3.39. The second-order valence-corrected chi connectivity index (χ2v) is 5.68. The van der Waals surface area contributed by atoms with E-state index in [0.29, 0.717) is 6.04 Å². The number of nitrogens with zero attached hydrogens (tertiary/aromatic N) is 1. The molecule has 1 aliphatic carbocycles. The van der Waals surface area contributed by atoms with E-state index >= 15 is 0 Å². The van der Waals surface area contributed by atoms with Gasteiger partial charge in [-0.25, -0.2) is 0 Å². The number of likely N-dealkylation sites (tertiary alicyclic amines) is 1. The van der Waals surface area contributed by atoms with Crippen LogP contribution in [-0.2, 0) is 4.79 Å². The van der Waals surface area contributed by atoms with Crippen LogP contribution in [0.1, 0.15) is 58.3 Å². The molecule has 2 fully saturated rings. The number of carbonyl (C=O) groups is 1. The van der Waals surface area contributed by atoms with Crippen LogP contribution in [0.2, 0.25) is 0 Å². The van der Waals surface area contributed by atoms with E-state index in [2.05, 4.69) is 11.8 Å². The Morgan fingerprint density at radius 3 is 2.56 bits per heavy atom. The molecule has 0 spiro atoms. The van der Waals surface area contributed by atoms with Crippen molar-refractivity contribution in [3.63, 3.8) is 0 Å². The maximum atomic E-state index is 12.3. The minimum Gasteiger partial charge on any atom is -0.338 e. The van der Waals surface area contributed by atoms with E-state index < -0.39 is 0 Å². The molecule has 1 heterocycles. The molecule has 106 valence electrons. The molecule has 1 saturated carbocycles.